The summed E-state index contributed by atoms with van der Waals surface area (Å²) in [6.45, 7) is 0.357. The molecule has 98 valence electrons. The molecule has 0 aliphatic heterocycles. The molecule has 0 heterocycles. The number of nitrogens with zero attached hydrogens (tertiary/aromatic N) is 1. The van der Waals surface area contributed by atoms with Crippen LogP contribution in [0.2, 0.25) is 0 Å². The predicted octanol–water partition coefficient (Wildman–Crippen LogP) is 0.416. The topological polar surface area (TPSA) is 66.8 Å². The molecule has 0 bridgehead atoms. The van der Waals surface area contributed by atoms with Crippen molar-refractivity contribution in [2.24, 2.45) is 11.8 Å². The van der Waals surface area contributed by atoms with Crippen LogP contribution in [-0.2, 0) is 14.3 Å². The van der Waals surface area contributed by atoms with Crippen molar-refractivity contribution in [2.45, 2.75) is 25.7 Å². The van der Waals surface area contributed by atoms with Crippen molar-refractivity contribution < 1.29 is 19.4 Å². The highest BCUT2D eigenvalue weighted by atomic mass is 16.5. The lowest BCUT2D eigenvalue weighted by Gasteiger charge is -2.29. The van der Waals surface area contributed by atoms with E-state index in [0.29, 0.717) is 6.54 Å². The van der Waals surface area contributed by atoms with Crippen molar-refractivity contribution in [3.63, 3.8) is 0 Å². The van der Waals surface area contributed by atoms with Crippen molar-refractivity contribution >= 4 is 11.9 Å². The summed E-state index contributed by atoms with van der Waals surface area (Å²) in [4.78, 5) is 24.8. The van der Waals surface area contributed by atoms with Gasteiger partial charge in [0.15, 0.2) is 0 Å². The van der Waals surface area contributed by atoms with Crippen molar-refractivity contribution in [1.82, 2.24) is 4.90 Å². The lowest BCUT2D eigenvalue weighted by molar-refractivity contribution is -0.148. The molecule has 0 unspecified atom stereocenters. The van der Waals surface area contributed by atoms with E-state index in [4.69, 9.17) is 9.84 Å². The fourth-order valence-electron chi connectivity index (χ4n) is 2.31. The van der Waals surface area contributed by atoms with Crippen LogP contribution in [0.25, 0.3) is 0 Å². The highest BCUT2D eigenvalue weighted by Gasteiger charge is 2.31. The van der Waals surface area contributed by atoms with E-state index in [1.165, 1.54) is 7.11 Å². The zero-order chi connectivity index (χ0) is 12.8. The molecule has 0 aromatic carbocycles. The van der Waals surface area contributed by atoms with Crippen LogP contribution in [0, 0.1) is 11.8 Å². The lowest BCUT2D eigenvalue weighted by Crippen LogP contribution is -2.37. The number of hydrogen-bond donors (Lipinski definition) is 1. The summed E-state index contributed by atoms with van der Waals surface area (Å²) in [6.07, 6.45) is 2.90. The van der Waals surface area contributed by atoms with Crippen LogP contribution in [0.4, 0.5) is 0 Å². The van der Waals surface area contributed by atoms with E-state index in [2.05, 4.69) is 0 Å². The first kappa shape index (κ1) is 14.0. The Morgan fingerprint density at radius 3 is 2.24 bits per heavy atom. The third kappa shape index (κ3) is 3.70. The first-order valence-corrected chi connectivity index (χ1v) is 6.03. The Morgan fingerprint density at radius 1 is 1.24 bits per heavy atom. The third-order valence-electron chi connectivity index (χ3n) is 3.42. The van der Waals surface area contributed by atoms with E-state index >= 15 is 0 Å². The molecule has 5 heteroatoms. The summed E-state index contributed by atoms with van der Waals surface area (Å²) >= 11 is 0. The first-order chi connectivity index (χ1) is 8.10. The molecule has 1 saturated carbocycles. The fourth-order valence-corrected chi connectivity index (χ4v) is 2.31. The second-order valence-corrected chi connectivity index (χ2v) is 4.56. The lowest BCUT2D eigenvalue weighted by atomic mass is 9.81. The number of ether oxygens (including phenoxy) is 1. The molecular formula is C12H21NO4. The van der Waals surface area contributed by atoms with E-state index in [1.807, 2.05) is 0 Å². The van der Waals surface area contributed by atoms with E-state index in [-0.39, 0.29) is 30.3 Å². The number of carbonyl (C=O) groups excluding carboxylic acids is 2. The molecule has 0 spiro atoms. The van der Waals surface area contributed by atoms with Crippen molar-refractivity contribution in [3.8, 4) is 0 Å². The van der Waals surface area contributed by atoms with Crippen LogP contribution in [0.1, 0.15) is 25.7 Å². The van der Waals surface area contributed by atoms with Gasteiger partial charge in [0, 0.05) is 19.5 Å². The monoisotopic (exact) mass is 243 g/mol. The zero-order valence-corrected chi connectivity index (χ0v) is 10.5. The van der Waals surface area contributed by atoms with Gasteiger partial charge in [-0.1, -0.05) is 0 Å². The van der Waals surface area contributed by atoms with Crippen LogP contribution in [-0.4, -0.2) is 49.2 Å². The number of amides is 1. The molecule has 1 aliphatic rings. The molecular weight excluding hydrogens is 222 g/mol. The standard InChI is InChI=1S/C12H21NO4/c1-13(7-8-14)11(15)9-3-5-10(6-4-9)12(16)17-2/h9-10,14H,3-8H2,1-2H3/t9-,10-. The van der Waals surface area contributed by atoms with Crippen molar-refractivity contribution in [1.29, 1.82) is 0 Å². The van der Waals surface area contributed by atoms with Gasteiger partial charge in [-0.2, -0.15) is 0 Å². The summed E-state index contributed by atoms with van der Waals surface area (Å²) in [6, 6.07) is 0. The van der Waals surface area contributed by atoms with E-state index in [1.54, 1.807) is 11.9 Å². The van der Waals surface area contributed by atoms with Crippen LogP contribution in [0.15, 0.2) is 0 Å². The average molecular weight is 243 g/mol. The van der Waals surface area contributed by atoms with E-state index < -0.39 is 0 Å². The summed E-state index contributed by atoms with van der Waals surface area (Å²) in [5, 5.41) is 8.78. The molecule has 0 aromatic heterocycles. The van der Waals surface area contributed by atoms with E-state index in [9.17, 15) is 9.59 Å². The molecule has 1 N–H and O–H groups in total. The highest BCUT2D eigenvalue weighted by molar-refractivity contribution is 5.79. The summed E-state index contributed by atoms with van der Waals surface area (Å²) in [7, 11) is 3.10. The minimum atomic E-state index is -0.167. The summed E-state index contributed by atoms with van der Waals surface area (Å²) in [5.41, 5.74) is 0. The Hall–Kier alpha value is -1.10. The SMILES string of the molecule is COC(=O)[C@H]1CC[C@H](C(=O)N(C)CCO)CC1. The summed E-state index contributed by atoms with van der Waals surface area (Å²) in [5.74, 6) is -0.151. The quantitative estimate of drug-likeness (QED) is 0.727. The normalized spacial score (nSPS) is 24.2. The molecule has 17 heavy (non-hydrogen) atoms. The smallest absolute Gasteiger partial charge is 0.308 e. The minimum absolute atomic E-state index is 0.00699. The number of aliphatic hydroxyl groups is 1. The maximum atomic E-state index is 11.9. The molecule has 0 radical (unpaired) electrons. The van der Waals surface area contributed by atoms with Gasteiger partial charge in [0.05, 0.1) is 19.6 Å². The first-order valence-electron chi connectivity index (χ1n) is 6.03. The van der Waals surface area contributed by atoms with Crippen molar-refractivity contribution in [3.05, 3.63) is 0 Å². The maximum Gasteiger partial charge on any atom is 0.308 e. The molecule has 0 atom stereocenters. The summed E-state index contributed by atoms with van der Waals surface area (Å²) < 4.78 is 4.70. The number of rotatable bonds is 4. The second-order valence-electron chi connectivity index (χ2n) is 4.56. The second kappa shape index (κ2) is 6.59. The minimum Gasteiger partial charge on any atom is -0.469 e. The van der Waals surface area contributed by atoms with Gasteiger partial charge in [-0.3, -0.25) is 9.59 Å². The zero-order valence-electron chi connectivity index (χ0n) is 10.5. The fraction of sp³-hybridized carbons (Fsp3) is 0.833. The molecule has 5 nitrogen and oxygen atoms in total. The largest absolute Gasteiger partial charge is 0.469 e. The van der Waals surface area contributed by atoms with Crippen LogP contribution < -0.4 is 0 Å². The van der Waals surface area contributed by atoms with Gasteiger partial charge in [-0.15, -0.1) is 0 Å². The number of methoxy groups -OCH3 is 1. The number of likely N-dealkylation sites (N-methyl/N-ethyl adjacent to an activating group) is 1. The van der Waals surface area contributed by atoms with Crippen molar-refractivity contribution in [2.75, 3.05) is 27.3 Å². The Balaban J connectivity index is 2.41. The van der Waals surface area contributed by atoms with Gasteiger partial charge >= 0.3 is 5.97 Å². The van der Waals surface area contributed by atoms with Crippen LogP contribution in [0.5, 0.6) is 0 Å². The molecule has 1 fully saturated rings. The van der Waals surface area contributed by atoms with Gasteiger partial charge in [-0.25, -0.2) is 0 Å². The maximum absolute atomic E-state index is 11.9. The predicted molar refractivity (Wildman–Crippen MR) is 62.2 cm³/mol. The molecule has 1 amide bonds. The molecule has 1 rings (SSSR count). The Kier molecular flexibility index (Phi) is 5.41. The number of carbonyl (C=O) groups is 2. The van der Waals surface area contributed by atoms with Gasteiger partial charge in [-0.05, 0) is 25.7 Å². The Bertz CT molecular complexity index is 272. The molecule has 1 aliphatic carbocycles. The van der Waals surface area contributed by atoms with Crippen LogP contribution >= 0.6 is 0 Å². The third-order valence-corrected chi connectivity index (χ3v) is 3.42. The van der Waals surface area contributed by atoms with Gasteiger partial charge in [0.25, 0.3) is 0 Å². The van der Waals surface area contributed by atoms with Gasteiger partial charge in [0.1, 0.15) is 0 Å². The van der Waals surface area contributed by atoms with Crippen LogP contribution in [0.3, 0.4) is 0 Å². The van der Waals surface area contributed by atoms with Gasteiger partial charge in [0.2, 0.25) is 5.91 Å². The molecule has 0 aromatic rings. The van der Waals surface area contributed by atoms with Gasteiger partial charge < -0.3 is 14.7 Å². The Labute approximate surface area is 102 Å². The number of hydrogen-bond acceptors (Lipinski definition) is 4. The molecule has 0 saturated heterocycles. The number of esters is 1. The average Bonchev–Trinajstić information content (AvgIpc) is 2.37. The number of aliphatic hydroxyl groups excluding tert-OH is 1. The van der Waals surface area contributed by atoms with E-state index in [0.717, 1.165) is 25.7 Å². The Morgan fingerprint density at radius 2 is 1.76 bits per heavy atom. The highest BCUT2D eigenvalue weighted by Crippen LogP contribution is 2.30.